The first-order valence-corrected chi connectivity index (χ1v) is 10.9. The highest BCUT2D eigenvalue weighted by atomic mass is 16.2. The standard InChI is InChI=1S/C23H31N5O2/c1-17-6-7-20(22(14-17)26-9-4-5-10-26)16-25-12-13-27(18(2)15-25)23(30)28-11-8-21(24-28)19(3)29/h6-8,11,14,18H,4-5,9-10,12-13,15-16H2,1-3H3/t18-/m1/s1. The van der Waals surface area contributed by atoms with Crippen molar-refractivity contribution in [1.82, 2.24) is 19.6 Å². The summed E-state index contributed by atoms with van der Waals surface area (Å²) in [5, 5.41) is 4.13. The first kappa shape index (κ1) is 20.6. The Hall–Kier alpha value is -2.67. The van der Waals surface area contributed by atoms with Crippen molar-refractivity contribution in [2.75, 3.05) is 37.6 Å². The van der Waals surface area contributed by atoms with Crippen molar-refractivity contribution >= 4 is 17.5 Å². The van der Waals surface area contributed by atoms with Crippen LogP contribution in [0.2, 0.25) is 0 Å². The van der Waals surface area contributed by atoms with Gasteiger partial charge in [0.2, 0.25) is 0 Å². The lowest BCUT2D eigenvalue weighted by Crippen LogP contribution is -2.54. The molecule has 0 radical (unpaired) electrons. The number of nitrogens with zero attached hydrogens (tertiary/aromatic N) is 5. The molecule has 2 saturated heterocycles. The first-order valence-electron chi connectivity index (χ1n) is 10.9. The Bertz CT molecular complexity index is 931. The first-order chi connectivity index (χ1) is 14.4. The molecule has 0 spiro atoms. The lowest BCUT2D eigenvalue weighted by molar-refractivity contribution is 0.0965. The number of aromatic nitrogens is 2. The molecule has 7 nitrogen and oxygen atoms in total. The largest absolute Gasteiger partial charge is 0.371 e. The zero-order valence-electron chi connectivity index (χ0n) is 18.2. The summed E-state index contributed by atoms with van der Waals surface area (Å²) in [5.74, 6) is -0.133. The van der Waals surface area contributed by atoms with Crippen LogP contribution in [0.25, 0.3) is 0 Å². The Balaban J connectivity index is 1.42. The summed E-state index contributed by atoms with van der Waals surface area (Å²) >= 11 is 0. The number of anilines is 1. The number of ketones is 1. The fraction of sp³-hybridized carbons (Fsp3) is 0.522. The van der Waals surface area contributed by atoms with Gasteiger partial charge in [-0.3, -0.25) is 9.69 Å². The Morgan fingerprint density at radius 2 is 1.87 bits per heavy atom. The van der Waals surface area contributed by atoms with E-state index in [1.54, 1.807) is 12.3 Å². The quantitative estimate of drug-likeness (QED) is 0.726. The topological polar surface area (TPSA) is 61.7 Å². The fourth-order valence-corrected chi connectivity index (χ4v) is 4.51. The van der Waals surface area contributed by atoms with Gasteiger partial charge in [-0.05, 0) is 49.9 Å². The molecule has 0 unspecified atom stereocenters. The van der Waals surface area contributed by atoms with Gasteiger partial charge in [-0.2, -0.15) is 9.78 Å². The van der Waals surface area contributed by atoms with Crippen LogP contribution in [0, 0.1) is 6.92 Å². The second-order valence-electron chi connectivity index (χ2n) is 8.59. The van der Waals surface area contributed by atoms with Crippen LogP contribution in [-0.4, -0.2) is 70.2 Å². The van der Waals surface area contributed by atoms with Gasteiger partial charge in [0.1, 0.15) is 5.69 Å². The van der Waals surface area contributed by atoms with E-state index in [1.807, 2.05) is 4.90 Å². The van der Waals surface area contributed by atoms with E-state index in [9.17, 15) is 9.59 Å². The summed E-state index contributed by atoms with van der Waals surface area (Å²) in [4.78, 5) is 31.1. The highest BCUT2D eigenvalue weighted by Crippen LogP contribution is 2.28. The molecule has 160 valence electrons. The maximum atomic E-state index is 12.9. The van der Waals surface area contributed by atoms with E-state index in [4.69, 9.17) is 0 Å². The van der Waals surface area contributed by atoms with Gasteiger partial charge in [0.25, 0.3) is 0 Å². The van der Waals surface area contributed by atoms with E-state index < -0.39 is 0 Å². The molecule has 0 bridgehead atoms. The number of carbonyl (C=O) groups excluding carboxylic acids is 2. The monoisotopic (exact) mass is 409 g/mol. The molecule has 1 aromatic carbocycles. The number of hydrogen-bond acceptors (Lipinski definition) is 5. The number of amides is 1. The SMILES string of the molecule is CC(=O)c1ccn(C(=O)N2CCN(Cc3ccc(C)cc3N3CCCC3)C[C@H]2C)n1. The van der Waals surface area contributed by atoms with Crippen molar-refractivity contribution in [2.24, 2.45) is 0 Å². The second kappa shape index (κ2) is 8.60. The van der Waals surface area contributed by atoms with Crippen LogP contribution in [0.1, 0.15) is 48.3 Å². The van der Waals surface area contributed by atoms with E-state index in [-0.39, 0.29) is 17.9 Å². The molecule has 2 fully saturated rings. The minimum Gasteiger partial charge on any atom is -0.371 e. The van der Waals surface area contributed by atoms with Crippen LogP contribution < -0.4 is 4.90 Å². The lowest BCUT2D eigenvalue weighted by Gasteiger charge is -2.40. The Kier molecular flexibility index (Phi) is 5.90. The Morgan fingerprint density at radius 1 is 1.10 bits per heavy atom. The van der Waals surface area contributed by atoms with Crippen molar-refractivity contribution in [3.63, 3.8) is 0 Å². The molecule has 2 aromatic rings. The normalized spacial score (nSPS) is 20.0. The van der Waals surface area contributed by atoms with Crippen LogP contribution in [0.5, 0.6) is 0 Å². The van der Waals surface area contributed by atoms with Crippen molar-refractivity contribution in [1.29, 1.82) is 0 Å². The van der Waals surface area contributed by atoms with E-state index in [1.165, 1.54) is 41.3 Å². The zero-order valence-corrected chi connectivity index (χ0v) is 18.2. The molecule has 30 heavy (non-hydrogen) atoms. The predicted molar refractivity (Wildman–Crippen MR) is 117 cm³/mol. The van der Waals surface area contributed by atoms with E-state index in [2.05, 4.69) is 46.9 Å². The maximum Gasteiger partial charge on any atom is 0.344 e. The lowest BCUT2D eigenvalue weighted by atomic mass is 10.1. The van der Waals surface area contributed by atoms with Crippen LogP contribution >= 0.6 is 0 Å². The minimum atomic E-state index is -0.164. The molecule has 0 aliphatic carbocycles. The number of rotatable bonds is 4. The summed E-state index contributed by atoms with van der Waals surface area (Å²) in [7, 11) is 0. The van der Waals surface area contributed by atoms with E-state index >= 15 is 0 Å². The molecule has 1 amide bonds. The number of benzene rings is 1. The van der Waals surface area contributed by atoms with Crippen molar-refractivity contribution < 1.29 is 9.59 Å². The van der Waals surface area contributed by atoms with Gasteiger partial charge >= 0.3 is 6.03 Å². The third-order valence-electron chi connectivity index (χ3n) is 6.18. The van der Waals surface area contributed by atoms with Crippen LogP contribution in [-0.2, 0) is 6.54 Å². The molecule has 1 aromatic heterocycles. The van der Waals surface area contributed by atoms with Gasteiger partial charge in [-0.1, -0.05) is 12.1 Å². The molecule has 2 aliphatic heterocycles. The van der Waals surface area contributed by atoms with Crippen LogP contribution in [0.15, 0.2) is 30.5 Å². The van der Waals surface area contributed by atoms with Crippen molar-refractivity contribution in [3.05, 3.63) is 47.3 Å². The molecule has 4 rings (SSSR count). The second-order valence-corrected chi connectivity index (χ2v) is 8.59. The summed E-state index contributed by atoms with van der Waals surface area (Å²) in [6.07, 6.45) is 4.11. The minimum absolute atomic E-state index is 0.0805. The van der Waals surface area contributed by atoms with E-state index in [0.717, 1.165) is 32.7 Å². The summed E-state index contributed by atoms with van der Waals surface area (Å²) in [5.41, 5.74) is 4.36. The smallest absolute Gasteiger partial charge is 0.344 e. The number of aryl methyl sites for hydroxylation is 1. The average molecular weight is 410 g/mol. The van der Waals surface area contributed by atoms with Gasteiger partial charge in [0.15, 0.2) is 5.78 Å². The average Bonchev–Trinajstić information content (AvgIpc) is 3.41. The number of hydrogen-bond donors (Lipinski definition) is 0. The van der Waals surface area contributed by atoms with Gasteiger partial charge in [-0.25, -0.2) is 4.79 Å². The van der Waals surface area contributed by atoms with Gasteiger partial charge < -0.3 is 9.80 Å². The van der Waals surface area contributed by atoms with Crippen molar-refractivity contribution in [3.8, 4) is 0 Å². The summed E-state index contributed by atoms with van der Waals surface area (Å²) in [6, 6.07) is 8.28. The predicted octanol–water partition coefficient (Wildman–Crippen LogP) is 3.17. The molecule has 7 heteroatoms. The van der Waals surface area contributed by atoms with E-state index in [0.29, 0.717) is 12.2 Å². The maximum absolute atomic E-state index is 12.9. The number of Topliss-reactive ketones (excluding diaryl/α,β-unsaturated/α-hetero) is 1. The summed E-state index contributed by atoms with van der Waals surface area (Å²) in [6.45, 7) is 11.2. The number of carbonyl (C=O) groups is 2. The summed E-state index contributed by atoms with van der Waals surface area (Å²) < 4.78 is 1.29. The van der Waals surface area contributed by atoms with Crippen molar-refractivity contribution in [2.45, 2.75) is 46.2 Å². The Labute approximate surface area is 178 Å². The van der Waals surface area contributed by atoms with Gasteiger partial charge in [0, 0.05) is 64.1 Å². The molecular weight excluding hydrogens is 378 g/mol. The molecule has 1 atom stereocenters. The zero-order chi connectivity index (χ0) is 21.3. The third kappa shape index (κ3) is 4.26. The van der Waals surface area contributed by atoms with Gasteiger partial charge in [-0.15, -0.1) is 0 Å². The van der Waals surface area contributed by atoms with Gasteiger partial charge in [0.05, 0.1) is 0 Å². The van der Waals surface area contributed by atoms with Crippen LogP contribution in [0.3, 0.4) is 0 Å². The molecule has 3 heterocycles. The highest BCUT2D eigenvalue weighted by Gasteiger charge is 2.29. The highest BCUT2D eigenvalue weighted by molar-refractivity contribution is 5.92. The molecule has 0 saturated carbocycles. The fourth-order valence-electron chi connectivity index (χ4n) is 4.51. The molecule has 0 N–H and O–H groups in total. The third-order valence-corrected chi connectivity index (χ3v) is 6.18. The molecular formula is C23H31N5O2. The molecule has 2 aliphatic rings. The van der Waals surface area contributed by atoms with Crippen LogP contribution in [0.4, 0.5) is 10.5 Å². The number of piperazine rings is 1. The Morgan fingerprint density at radius 3 is 2.53 bits per heavy atom.